The number of hydrogen-bond donors (Lipinski definition) is 0. The predicted octanol–water partition coefficient (Wildman–Crippen LogP) is 3.32. The highest BCUT2D eigenvalue weighted by Crippen LogP contribution is 2.42. The first-order valence-electron chi connectivity index (χ1n) is 9.52. The second-order valence-corrected chi connectivity index (χ2v) is 7.70. The van der Waals surface area contributed by atoms with Crippen LogP contribution in [0.15, 0.2) is 54.6 Å². The quantitative estimate of drug-likeness (QED) is 0.438. The highest BCUT2D eigenvalue weighted by molar-refractivity contribution is 6.23. The van der Waals surface area contributed by atoms with Crippen molar-refractivity contribution >= 4 is 28.9 Å². The summed E-state index contributed by atoms with van der Waals surface area (Å²) >= 11 is 0. The lowest BCUT2D eigenvalue weighted by molar-refractivity contribution is -0.384. The summed E-state index contributed by atoms with van der Waals surface area (Å²) in [6.07, 6.45) is -0.218. The maximum atomic E-state index is 13.2. The van der Waals surface area contributed by atoms with E-state index in [1.807, 2.05) is 30.3 Å². The monoisotopic (exact) mass is 395 g/mol. The first-order valence-corrected chi connectivity index (χ1v) is 9.52. The van der Waals surface area contributed by atoms with E-state index < -0.39 is 22.9 Å². The molecule has 0 unspecified atom stereocenters. The van der Waals surface area contributed by atoms with E-state index in [1.54, 1.807) is 5.06 Å². The van der Waals surface area contributed by atoms with Crippen LogP contribution in [0.5, 0.6) is 0 Å². The van der Waals surface area contributed by atoms with Crippen LogP contribution in [0.25, 0.3) is 0 Å². The van der Waals surface area contributed by atoms with Gasteiger partial charge in [-0.3, -0.25) is 24.5 Å². The number of rotatable bonds is 5. The fourth-order valence-corrected chi connectivity index (χ4v) is 4.02. The Kier molecular flexibility index (Phi) is 4.79. The zero-order valence-electron chi connectivity index (χ0n) is 16.1. The fourth-order valence-electron chi connectivity index (χ4n) is 4.02. The van der Waals surface area contributed by atoms with Gasteiger partial charge in [0.05, 0.1) is 28.3 Å². The number of carbonyl (C=O) groups is 2. The largest absolute Gasteiger partial charge is 0.273 e. The SMILES string of the molecule is CC(C)C[C@@H]1[C@@H]2C(=O)N(c3ccc([N+](=O)[O-])cc3)C(=O)[C@@H]2ON1c1ccccc1. The molecule has 2 aliphatic heterocycles. The Balaban J connectivity index is 1.66. The van der Waals surface area contributed by atoms with E-state index in [9.17, 15) is 19.7 Å². The van der Waals surface area contributed by atoms with Crippen LogP contribution in [0.1, 0.15) is 20.3 Å². The van der Waals surface area contributed by atoms with E-state index in [0.717, 1.165) is 10.6 Å². The van der Waals surface area contributed by atoms with Crippen molar-refractivity contribution < 1.29 is 19.3 Å². The molecular formula is C21H21N3O5. The number of imide groups is 1. The molecule has 2 aromatic carbocycles. The molecule has 2 heterocycles. The first kappa shape index (κ1) is 19.1. The van der Waals surface area contributed by atoms with Gasteiger partial charge in [-0.05, 0) is 36.6 Å². The van der Waals surface area contributed by atoms with E-state index in [0.29, 0.717) is 18.0 Å². The minimum absolute atomic E-state index is 0.0998. The molecule has 2 saturated heterocycles. The van der Waals surface area contributed by atoms with Gasteiger partial charge in [0.25, 0.3) is 11.6 Å². The molecule has 3 atom stereocenters. The van der Waals surface area contributed by atoms with Crippen molar-refractivity contribution in [2.24, 2.45) is 11.8 Å². The van der Waals surface area contributed by atoms with Gasteiger partial charge in [-0.15, -0.1) is 0 Å². The second-order valence-electron chi connectivity index (χ2n) is 7.70. The van der Waals surface area contributed by atoms with Gasteiger partial charge in [0.15, 0.2) is 6.10 Å². The molecule has 0 spiro atoms. The predicted molar refractivity (Wildman–Crippen MR) is 106 cm³/mol. The Labute approximate surface area is 167 Å². The molecule has 0 N–H and O–H groups in total. The van der Waals surface area contributed by atoms with Crippen LogP contribution < -0.4 is 9.96 Å². The molecule has 29 heavy (non-hydrogen) atoms. The Morgan fingerprint density at radius 2 is 1.66 bits per heavy atom. The molecule has 2 fully saturated rings. The van der Waals surface area contributed by atoms with Crippen molar-refractivity contribution in [2.75, 3.05) is 9.96 Å². The molecule has 8 heteroatoms. The van der Waals surface area contributed by atoms with E-state index in [2.05, 4.69) is 13.8 Å². The summed E-state index contributed by atoms with van der Waals surface area (Å²) in [6.45, 7) is 4.12. The van der Waals surface area contributed by atoms with E-state index in [1.165, 1.54) is 24.3 Å². The van der Waals surface area contributed by atoms with Crippen molar-refractivity contribution in [3.63, 3.8) is 0 Å². The lowest BCUT2D eigenvalue weighted by Crippen LogP contribution is -2.41. The number of nitro benzene ring substituents is 1. The number of nitro groups is 1. The van der Waals surface area contributed by atoms with Crippen molar-refractivity contribution in [3.8, 4) is 0 Å². The number of non-ortho nitro benzene ring substituents is 1. The topological polar surface area (TPSA) is 93.0 Å². The molecule has 8 nitrogen and oxygen atoms in total. The molecule has 0 saturated carbocycles. The van der Waals surface area contributed by atoms with Crippen molar-refractivity contribution in [2.45, 2.75) is 32.4 Å². The van der Waals surface area contributed by atoms with Gasteiger partial charge in [0, 0.05) is 12.1 Å². The third-order valence-corrected chi connectivity index (χ3v) is 5.28. The van der Waals surface area contributed by atoms with Crippen LogP contribution in [-0.4, -0.2) is 28.9 Å². The number of hydroxylamine groups is 1. The number of nitrogens with zero attached hydrogens (tertiary/aromatic N) is 3. The average Bonchev–Trinajstić information content (AvgIpc) is 3.18. The molecule has 0 bridgehead atoms. The van der Waals surface area contributed by atoms with Crippen molar-refractivity contribution in [1.82, 2.24) is 0 Å². The van der Waals surface area contributed by atoms with Gasteiger partial charge in [0.1, 0.15) is 0 Å². The van der Waals surface area contributed by atoms with Crippen LogP contribution in [-0.2, 0) is 14.4 Å². The summed E-state index contributed by atoms with van der Waals surface area (Å²) in [5.74, 6) is -1.11. The molecule has 0 aromatic heterocycles. The number of hydrogen-bond acceptors (Lipinski definition) is 6. The van der Waals surface area contributed by atoms with Gasteiger partial charge in [-0.2, -0.15) is 0 Å². The number of carbonyl (C=O) groups excluding carboxylic acids is 2. The standard InChI is InChI=1S/C21H21N3O5/c1-13(2)12-17-18-19(29-23(17)15-6-4-3-5-7-15)21(26)22(20(18)25)14-8-10-16(11-9-14)24(27)28/h3-11,13,17-19H,12H2,1-2H3/t17-,18+,19-/m1/s1. The number of anilines is 2. The normalized spacial score (nSPS) is 23.8. The summed E-state index contributed by atoms with van der Waals surface area (Å²) in [4.78, 5) is 43.7. The summed E-state index contributed by atoms with van der Waals surface area (Å²) in [5.41, 5.74) is 1.02. The number of fused-ring (bicyclic) bond motifs is 1. The molecule has 4 rings (SSSR count). The van der Waals surface area contributed by atoms with Crippen LogP contribution in [0.4, 0.5) is 17.1 Å². The molecule has 0 aliphatic carbocycles. The van der Waals surface area contributed by atoms with Gasteiger partial charge >= 0.3 is 0 Å². The molecule has 2 aromatic rings. The maximum absolute atomic E-state index is 13.2. The fraction of sp³-hybridized carbons (Fsp3) is 0.333. The average molecular weight is 395 g/mol. The van der Waals surface area contributed by atoms with Crippen LogP contribution in [0.3, 0.4) is 0 Å². The van der Waals surface area contributed by atoms with Gasteiger partial charge in [-0.1, -0.05) is 32.0 Å². The van der Waals surface area contributed by atoms with Gasteiger partial charge in [0.2, 0.25) is 5.91 Å². The van der Waals surface area contributed by atoms with Crippen LogP contribution in [0, 0.1) is 22.0 Å². The highest BCUT2D eigenvalue weighted by atomic mass is 16.7. The van der Waals surface area contributed by atoms with Crippen molar-refractivity contribution in [3.05, 3.63) is 64.7 Å². The number of benzene rings is 2. The Morgan fingerprint density at radius 3 is 2.24 bits per heavy atom. The third-order valence-electron chi connectivity index (χ3n) is 5.28. The zero-order valence-corrected chi connectivity index (χ0v) is 16.1. The Morgan fingerprint density at radius 1 is 1.00 bits per heavy atom. The number of para-hydroxylation sites is 1. The smallest absolute Gasteiger partial charge is 0.269 e. The summed E-state index contributed by atoms with van der Waals surface area (Å²) in [7, 11) is 0. The van der Waals surface area contributed by atoms with Crippen LogP contribution >= 0.6 is 0 Å². The van der Waals surface area contributed by atoms with E-state index in [4.69, 9.17) is 4.84 Å². The Bertz CT molecular complexity index is 945. The second kappa shape index (κ2) is 7.29. The van der Waals surface area contributed by atoms with Gasteiger partial charge in [-0.25, -0.2) is 9.96 Å². The van der Waals surface area contributed by atoms with Crippen LogP contribution in [0.2, 0.25) is 0 Å². The molecule has 0 radical (unpaired) electrons. The highest BCUT2D eigenvalue weighted by Gasteiger charge is 2.59. The minimum Gasteiger partial charge on any atom is -0.273 e. The lowest BCUT2D eigenvalue weighted by atomic mass is 9.90. The molecule has 2 aliphatic rings. The summed E-state index contributed by atoms with van der Waals surface area (Å²) in [6, 6.07) is 14.6. The number of amides is 2. The van der Waals surface area contributed by atoms with Gasteiger partial charge < -0.3 is 0 Å². The van der Waals surface area contributed by atoms with Crippen molar-refractivity contribution in [1.29, 1.82) is 0 Å². The lowest BCUT2D eigenvalue weighted by Gasteiger charge is -2.29. The van der Waals surface area contributed by atoms with E-state index in [-0.39, 0.29) is 17.6 Å². The Hall–Kier alpha value is -3.26. The zero-order chi connectivity index (χ0) is 20.7. The minimum atomic E-state index is -0.901. The first-order chi connectivity index (χ1) is 13.9. The maximum Gasteiger partial charge on any atom is 0.269 e. The third kappa shape index (κ3) is 3.25. The molecular weight excluding hydrogens is 374 g/mol. The molecule has 2 amide bonds. The summed E-state index contributed by atoms with van der Waals surface area (Å²) in [5, 5.41) is 12.6. The molecule has 150 valence electrons. The summed E-state index contributed by atoms with van der Waals surface area (Å²) < 4.78 is 0. The van der Waals surface area contributed by atoms with E-state index >= 15 is 0 Å².